The summed E-state index contributed by atoms with van der Waals surface area (Å²) in [7, 11) is 1.66. The second kappa shape index (κ2) is 6.06. The van der Waals surface area contributed by atoms with E-state index in [9.17, 15) is 0 Å². The lowest BCUT2D eigenvalue weighted by Crippen LogP contribution is -2.13. The lowest BCUT2D eigenvalue weighted by atomic mass is 10.2. The summed E-state index contributed by atoms with van der Waals surface area (Å²) in [5, 5.41) is 11.6. The van der Waals surface area contributed by atoms with Crippen molar-refractivity contribution in [2.75, 3.05) is 7.05 Å². The maximum Gasteiger partial charge on any atom is 0.183 e. The lowest BCUT2D eigenvalue weighted by molar-refractivity contribution is 1.26. The number of hydrogen-bond donors (Lipinski definition) is 1. The molecule has 0 atom stereocenters. The average molecular weight is 205 g/mol. The number of nitrogens with one attached hydrogen (secondary N) is 1. The van der Waals surface area contributed by atoms with E-state index < -0.39 is 0 Å². The highest BCUT2D eigenvalue weighted by Gasteiger charge is 1.98. The molecule has 0 bridgehead atoms. The minimum atomic E-state index is 0.649. The molecular weight excluding hydrogens is 194 g/mol. The molecule has 0 aliphatic carbocycles. The number of nitrogens with zero attached hydrogens (tertiary/aromatic N) is 2. The number of benzene rings is 1. The van der Waals surface area contributed by atoms with Gasteiger partial charge in [-0.15, -0.1) is 0 Å². The van der Waals surface area contributed by atoms with E-state index in [2.05, 4.69) is 10.3 Å². The van der Waals surface area contributed by atoms with Crippen LogP contribution in [0.1, 0.15) is 5.56 Å². The molecule has 0 saturated carbocycles. The van der Waals surface area contributed by atoms with Gasteiger partial charge in [0.1, 0.15) is 0 Å². The molecule has 0 amide bonds. The molecule has 0 saturated heterocycles. The van der Waals surface area contributed by atoms with Crippen LogP contribution in [0.3, 0.4) is 0 Å². The number of rotatable bonds is 2. The van der Waals surface area contributed by atoms with Crippen molar-refractivity contribution < 1.29 is 0 Å². The Kier molecular flexibility index (Phi) is 4.59. The van der Waals surface area contributed by atoms with E-state index in [0.717, 1.165) is 5.75 Å². The van der Waals surface area contributed by atoms with Crippen LogP contribution in [0.2, 0.25) is 0 Å². The van der Waals surface area contributed by atoms with Gasteiger partial charge in [0.15, 0.2) is 11.4 Å². The van der Waals surface area contributed by atoms with Crippen molar-refractivity contribution in [3.63, 3.8) is 0 Å². The van der Waals surface area contributed by atoms with E-state index in [-0.39, 0.29) is 0 Å². The highest BCUT2D eigenvalue weighted by Crippen LogP contribution is 2.11. The number of amidine groups is 1. The predicted octanol–water partition coefficient (Wildman–Crippen LogP) is 1.98. The van der Waals surface area contributed by atoms with Crippen molar-refractivity contribution >= 4 is 16.9 Å². The first kappa shape index (κ1) is 10.6. The van der Waals surface area contributed by atoms with Crippen molar-refractivity contribution in [2.24, 2.45) is 4.99 Å². The van der Waals surface area contributed by atoms with Gasteiger partial charge in [-0.25, -0.2) is 0 Å². The van der Waals surface area contributed by atoms with Crippen LogP contribution < -0.4 is 5.32 Å². The summed E-state index contributed by atoms with van der Waals surface area (Å²) in [5.74, 6) is 0.822. The fourth-order valence-corrected chi connectivity index (χ4v) is 1.67. The van der Waals surface area contributed by atoms with Gasteiger partial charge in [-0.1, -0.05) is 42.1 Å². The van der Waals surface area contributed by atoms with Crippen LogP contribution in [0, 0.1) is 11.5 Å². The van der Waals surface area contributed by atoms with E-state index >= 15 is 0 Å². The zero-order valence-corrected chi connectivity index (χ0v) is 8.71. The first-order valence-electron chi connectivity index (χ1n) is 4.15. The van der Waals surface area contributed by atoms with E-state index in [4.69, 9.17) is 5.26 Å². The van der Waals surface area contributed by atoms with Crippen LogP contribution in [-0.2, 0) is 5.75 Å². The molecule has 0 aromatic heterocycles. The Morgan fingerprint density at radius 3 is 2.79 bits per heavy atom. The Bertz CT molecular complexity index is 340. The lowest BCUT2D eigenvalue weighted by Gasteiger charge is -2.01. The Balaban J connectivity index is 2.45. The topological polar surface area (TPSA) is 48.2 Å². The number of thioether (sulfide) groups is 1. The molecule has 0 unspecified atom stereocenters. The Morgan fingerprint density at radius 1 is 1.50 bits per heavy atom. The first-order valence-corrected chi connectivity index (χ1v) is 5.14. The smallest absolute Gasteiger partial charge is 0.183 e. The number of nitriles is 1. The van der Waals surface area contributed by atoms with Crippen molar-refractivity contribution in [3.8, 4) is 6.19 Å². The molecule has 0 radical (unpaired) electrons. The minimum Gasteiger partial charge on any atom is -0.272 e. The van der Waals surface area contributed by atoms with Gasteiger partial charge in [-0.3, -0.25) is 10.3 Å². The van der Waals surface area contributed by atoms with E-state index in [1.807, 2.05) is 36.5 Å². The minimum absolute atomic E-state index is 0.649. The van der Waals surface area contributed by atoms with Crippen molar-refractivity contribution in [1.82, 2.24) is 5.32 Å². The second-order valence-corrected chi connectivity index (χ2v) is 3.50. The zero-order valence-electron chi connectivity index (χ0n) is 7.90. The molecule has 72 valence electrons. The summed E-state index contributed by atoms with van der Waals surface area (Å²) in [6.07, 6.45) is 1.85. The van der Waals surface area contributed by atoms with Crippen molar-refractivity contribution in [3.05, 3.63) is 35.9 Å². The Hall–Kier alpha value is -1.47. The van der Waals surface area contributed by atoms with Crippen LogP contribution in [0.25, 0.3) is 0 Å². The Morgan fingerprint density at radius 2 is 2.21 bits per heavy atom. The number of aliphatic imine (C=N–C) groups is 1. The van der Waals surface area contributed by atoms with E-state index in [1.54, 1.807) is 7.05 Å². The SMILES string of the molecule is CN=C(NC#N)SCc1ccccc1. The molecule has 0 aliphatic rings. The maximum absolute atomic E-state index is 8.41. The zero-order chi connectivity index (χ0) is 10.2. The van der Waals surface area contributed by atoms with Gasteiger partial charge >= 0.3 is 0 Å². The summed E-state index contributed by atoms with van der Waals surface area (Å²) < 4.78 is 0. The van der Waals surface area contributed by atoms with Gasteiger partial charge in [0.05, 0.1) is 0 Å². The fourth-order valence-electron chi connectivity index (χ4n) is 0.930. The molecule has 0 spiro atoms. The van der Waals surface area contributed by atoms with Crippen LogP contribution in [0.15, 0.2) is 35.3 Å². The molecule has 1 aromatic carbocycles. The molecular formula is C10H11N3S. The summed E-state index contributed by atoms with van der Waals surface area (Å²) in [6, 6.07) is 10.1. The molecule has 0 heterocycles. The van der Waals surface area contributed by atoms with Crippen LogP contribution >= 0.6 is 11.8 Å². The highest BCUT2D eigenvalue weighted by molar-refractivity contribution is 8.13. The highest BCUT2D eigenvalue weighted by atomic mass is 32.2. The van der Waals surface area contributed by atoms with Crippen molar-refractivity contribution in [2.45, 2.75) is 5.75 Å². The second-order valence-electron chi connectivity index (χ2n) is 2.54. The fraction of sp³-hybridized carbons (Fsp3) is 0.200. The van der Waals surface area contributed by atoms with Gasteiger partial charge in [-0.2, -0.15) is 5.26 Å². The van der Waals surface area contributed by atoms with Crippen molar-refractivity contribution in [1.29, 1.82) is 5.26 Å². The van der Waals surface area contributed by atoms with Gasteiger partial charge < -0.3 is 0 Å². The molecule has 14 heavy (non-hydrogen) atoms. The molecule has 4 heteroatoms. The van der Waals surface area contributed by atoms with Gasteiger partial charge in [-0.05, 0) is 5.56 Å². The molecule has 3 nitrogen and oxygen atoms in total. The maximum atomic E-state index is 8.41. The quantitative estimate of drug-likeness (QED) is 0.347. The first-order chi connectivity index (χ1) is 6.86. The van der Waals surface area contributed by atoms with Gasteiger partial charge in [0.25, 0.3) is 0 Å². The van der Waals surface area contributed by atoms with E-state index in [0.29, 0.717) is 5.17 Å². The molecule has 1 rings (SSSR count). The van der Waals surface area contributed by atoms with Gasteiger partial charge in [0.2, 0.25) is 0 Å². The summed E-state index contributed by atoms with van der Waals surface area (Å²) in [4.78, 5) is 3.94. The summed E-state index contributed by atoms with van der Waals surface area (Å²) >= 11 is 1.52. The number of hydrogen-bond acceptors (Lipinski definition) is 3. The van der Waals surface area contributed by atoms with Crippen LogP contribution in [0.4, 0.5) is 0 Å². The normalized spacial score (nSPS) is 10.7. The van der Waals surface area contributed by atoms with Crippen LogP contribution in [0.5, 0.6) is 0 Å². The molecule has 0 fully saturated rings. The standard InChI is InChI=1S/C10H11N3S/c1-12-10(13-8-11)14-7-9-5-3-2-4-6-9/h2-6H,7H2,1H3,(H,12,13). The Labute approximate surface area is 87.9 Å². The largest absolute Gasteiger partial charge is 0.272 e. The molecule has 1 aromatic rings. The van der Waals surface area contributed by atoms with Gasteiger partial charge in [0, 0.05) is 12.8 Å². The summed E-state index contributed by atoms with van der Waals surface area (Å²) in [5.41, 5.74) is 1.22. The predicted molar refractivity (Wildman–Crippen MR) is 59.8 cm³/mol. The average Bonchev–Trinajstić information content (AvgIpc) is 2.25. The third-order valence-electron chi connectivity index (χ3n) is 1.58. The third-order valence-corrected chi connectivity index (χ3v) is 2.62. The summed E-state index contributed by atoms with van der Waals surface area (Å²) in [6.45, 7) is 0. The molecule has 0 aliphatic heterocycles. The van der Waals surface area contributed by atoms with Crippen LogP contribution in [-0.4, -0.2) is 12.2 Å². The van der Waals surface area contributed by atoms with E-state index in [1.165, 1.54) is 17.3 Å². The third kappa shape index (κ3) is 3.50. The monoisotopic (exact) mass is 205 g/mol. The molecule has 1 N–H and O–H groups in total.